The summed E-state index contributed by atoms with van der Waals surface area (Å²) in [7, 11) is 0. The minimum Gasteiger partial charge on any atom is -0.396 e. The monoisotopic (exact) mass is 224 g/mol. The van der Waals surface area contributed by atoms with Crippen LogP contribution in [0.15, 0.2) is 18.2 Å². The van der Waals surface area contributed by atoms with Crippen LogP contribution in [0.5, 0.6) is 0 Å². The Kier molecular flexibility index (Phi) is 4.09. The first-order chi connectivity index (χ1) is 7.34. The van der Waals surface area contributed by atoms with Gasteiger partial charge < -0.3 is 5.11 Å². The largest absolute Gasteiger partial charge is 0.396 e. The lowest BCUT2D eigenvalue weighted by molar-refractivity contribution is 0.131. The molecule has 90 valence electrons. The number of rotatable bonds is 3. The summed E-state index contributed by atoms with van der Waals surface area (Å²) in [6.07, 6.45) is 0.726. The van der Waals surface area contributed by atoms with E-state index in [1.54, 1.807) is 12.1 Å². The van der Waals surface area contributed by atoms with Gasteiger partial charge in [0.25, 0.3) is 0 Å². The number of aliphatic hydroxyl groups is 1. The van der Waals surface area contributed by atoms with Crippen molar-refractivity contribution in [1.29, 1.82) is 0 Å². The van der Waals surface area contributed by atoms with E-state index in [0.717, 1.165) is 17.5 Å². The molecule has 1 rings (SSSR count). The van der Waals surface area contributed by atoms with E-state index in [-0.39, 0.29) is 23.8 Å². The van der Waals surface area contributed by atoms with Gasteiger partial charge in [0.2, 0.25) is 0 Å². The highest BCUT2D eigenvalue weighted by Crippen LogP contribution is 2.29. The van der Waals surface area contributed by atoms with Gasteiger partial charge in [-0.1, -0.05) is 26.8 Å². The molecule has 0 aliphatic rings. The van der Waals surface area contributed by atoms with E-state index in [1.807, 2.05) is 6.92 Å². The molecule has 16 heavy (non-hydrogen) atoms. The van der Waals surface area contributed by atoms with Crippen molar-refractivity contribution in [2.24, 2.45) is 11.3 Å². The third kappa shape index (κ3) is 3.31. The van der Waals surface area contributed by atoms with Gasteiger partial charge in [0.05, 0.1) is 0 Å². The molecule has 0 aliphatic carbocycles. The molecular weight excluding hydrogens is 203 g/mol. The summed E-state index contributed by atoms with van der Waals surface area (Å²) in [4.78, 5) is 0. The van der Waals surface area contributed by atoms with Crippen LogP contribution < -0.4 is 0 Å². The molecule has 2 heteroatoms. The summed E-state index contributed by atoms with van der Waals surface area (Å²) >= 11 is 0. The van der Waals surface area contributed by atoms with Crippen LogP contribution in [0.3, 0.4) is 0 Å². The molecule has 0 bridgehead atoms. The van der Waals surface area contributed by atoms with E-state index in [1.165, 1.54) is 6.07 Å². The number of hydrogen-bond acceptors (Lipinski definition) is 1. The van der Waals surface area contributed by atoms with Gasteiger partial charge in [0, 0.05) is 6.61 Å². The summed E-state index contributed by atoms with van der Waals surface area (Å²) in [6, 6.07) is 4.84. The van der Waals surface area contributed by atoms with Gasteiger partial charge in [-0.25, -0.2) is 4.39 Å². The van der Waals surface area contributed by atoms with Crippen molar-refractivity contribution < 1.29 is 9.50 Å². The second-order valence-corrected chi connectivity index (χ2v) is 5.52. The van der Waals surface area contributed by atoms with Gasteiger partial charge in [0.1, 0.15) is 5.82 Å². The zero-order valence-corrected chi connectivity index (χ0v) is 10.5. The normalized spacial score (nSPS) is 13.9. The molecule has 0 saturated heterocycles. The van der Waals surface area contributed by atoms with Gasteiger partial charge in [0.15, 0.2) is 0 Å². The van der Waals surface area contributed by atoms with Gasteiger partial charge >= 0.3 is 0 Å². The molecule has 0 heterocycles. The molecule has 0 radical (unpaired) electrons. The molecule has 1 unspecified atom stereocenters. The lowest BCUT2D eigenvalue weighted by Gasteiger charge is -2.29. The fraction of sp³-hybridized carbons (Fsp3) is 0.571. The van der Waals surface area contributed by atoms with Gasteiger partial charge in [-0.05, 0) is 47.9 Å². The Morgan fingerprint density at radius 2 is 1.94 bits per heavy atom. The summed E-state index contributed by atoms with van der Waals surface area (Å²) in [5, 5.41) is 9.39. The molecule has 0 amide bonds. The highest BCUT2D eigenvalue weighted by molar-refractivity contribution is 5.27. The van der Waals surface area contributed by atoms with Crippen LogP contribution in [0.4, 0.5) is 4.39 Å². The van der Waals surface area contributed by atoms with Gasteiger partial charge in [-0.2, -0.15) is 0 Å². The number of benzene rings is 1. The first-order valence-electron chi connectivity index (χ1n) is 5.70. The first-order valence-corrected chi connectivity index (χ1v) is 5.70. The highest BCUT2D eigenvalue weighted by atomic mass is 19.1. The predicted octanol–water partition coefficient (Wildman–Crippen LogP) is 3.33. The van der Waals surface area contributed by atoms with Crippen LogP contribution >= 0.6 is 0 Å². The summed E-state index contributed by atoms with van der Waals surface area (Å²) in [6.45, 7) is 8.42. The van der Waals surface area contributed by atoms with E-state index in [0.29, 0.717) is 0 Å². The van der Waals surface area contributed by atoms with Crippen LogP contribution in [0.25, 0.3) is 0 Å². The molecular formula is C14H21FO. The summed E-state index contributed by atoms with van der Waals surface area (Å²) < 4.78 is 13.1. The van der Waals surface area contributed by atoms with E-state index in [9.17, 15) is 9.50 Å². The van der Waals surface area contributed by atoms with Crippen molar-refractivity contribution in [3.8, 4) is 0 Å². The van der Waals surface area contributed by atoms with Crippen LogP contribution in [0.2, 0.25) is 0 Å². The number of aliphatic hydroxyl groups excluding tert-OH is 1. The molecule has 1 atom stereocenters. The number of hydrogen-bond donors (Lipinski definition) is 1. The second kappa shape index (κ2) is 4.96. The number of halogens is 1. The minimum absolute atomic E-state index is 0.0352. The smallest absolute Gasteiger partial charge is 0.123 e. The Hall–Kier alpha value is -0.890. The van der Waals surface area contributed by atoms with Gasteiger partial charge in [-0.3, -0.25) is 0 Å². The lowest BCUT2D eigenvalue weighted by Crippen LogP contribution is -2.26. The minimum atomic E-state index is -0.203. The molecule has 0 aliphatic heterocycles. The molecule has 0 spiro atoms. The SMILES string of the molecule is Cc1ccc(F)cc1CC(CO)C(C)(C)C. The van der Waals surface area contributed by atoms with Crippen molar-refractivity contribution in [1.82, 2.24) is 0 Å². The van der Waals surface area contributed by atoms with Crippen LogP contribution in [0, 0.1) is 24.1 Å². The lowest BCUT2D eigenvalue weighted by atomic mass is 9.77. The average Bonchev–Trinajstić information content (AvgIpc) is 2.17. The average molecular weight is 224 g/mol. The fourth-order valence-corrected chi connectivity index (χ4v) is 1.77. The Balaban J connectivity index is 2.90. The maximum absolute atomic E-state index is 13.1. The van der Waals surface area contributed by atoms with Crippen LogP contribution in [-0.2, 0) is 6.42 Å². The van der Waals surface area contributed by atoms with Gasteiger partial charge in [-0.15, -0.1) is 0 Å². The van der Waals surface area contributed by atoms with Crippen molar-refractivity contribution in [3.63, 3.8) is 0 Å². The van der Waals surface area contributed by atoms with Crippen molar-refractivity contribution in [2.75, 3.05) is 6.61 Å². The first kappa shape index (κ1) is 13.2. The summed E-state index contributed by atoms with van der Waals surface area (Å²) in [5.74, 6) is -0.0424. The third-order valence-electron chi connectivity index (χ3n) is 3.22. The van der Waals surface area contributed by atoms with E-state index >= 15 is 0 Å². The van der Waals surface area contributed by atoms with Crippen LogP contribution in [-0.4, -0.2) is 11.7 Å². The second-order valence-electron chi connectivity index (χ2n) is 5.52. The zero-order chi connectivity index (χ0) is 12.3. The molecule has 0 fully saturated rings. The topological polar surface area (TPSA) is 20.2 Å². The quantitative estimate of drug-likeness (QED) is 0.835. The highest BCUT2D eigenvalue weighted by Gasteiger charge is 2.24. The maximum atomic E-state index is 13.1. The maximum Gasteiger partial charge on any atom is 0.123 e. The molecule has 0 saturated carbocycles. The Morgan fingerprint density at radius 3 is 2.44 bits per heavy atom. The van der Waals surface area contributed by atoms with E-state index < -0.39 is 0 Å². The predicted molar refractivity (Wildman–Crippen MR) is 64.9 cm³/mol. The Labute approximate surface area is 97.3 Å². The standard InChI is InChI=1S/C14H21FO/c1-10-5-6-13(15)8-11(10)7-12(9-16)14(2,3)4/h5-6,8,12,16H,7,9H2,1-4H3. The fourth-order valence-electron chi connectivity index (χ4n) is 1.77. The van der Waals surface area contributed by atoms with Crippen molar-refractivity contribution >= 4 is 0 Å². The molecule has 1 nitrogen and oxygen atoms in total. The number of aryl methyl sites for hydroxylation is 1. The molecule has 1 N–H and O–H groups in total. The van der Waals surface area contributed by atoms with E-state index in [2.05, 4.69) is 20.8 Å². The Morgan fingerprint density at radius 1 is 1.31 bits per heavy atom. The zero-order valence-electron chi connectivity index (χ0n) is 10.5. The third-order valence-corrected chi connectivity index (χ3v) is 3.22. The summed E-state index contributed by atoms with van der Waals surface area (Å²) in [5.41, 5.74) is 2.12. The van der Waals surface area contributed by atoms with E-state index in [4.69, 9.17) is 0 Å². The Bertz CT molecular complexity index is 352. The molecule has 1 aromatic carbocycles. The molecule has 0 aromatic heterocycles. The van der Waals surface area contributed by atoms with Crippen LogP contribution in [0.1, 0.15) is 31.9 Å². The molecule has 1 aromatic rings. The van der Waals surface area contributed by atoms with Crippen molar-refractivity contribution in [3.05, 3.63) is 35.1 Å². The van der Waals surface area contributed by atoms with Crippen molar-refractivity contribution in [2.45, 2.75) is 34.1 Å².